The first kappa shape index (κ1) is 15.1. The van der Waals surface area contributed by atoms with E-state index in [4.69, 9.17) is 9.47 Å². The van der Waals surface area contributed by atoms with Crippen LogP contribution in [-0.2, 0) is 9.47 Å². The minimum atomic E-state index is -0.645. The average Bonchev–Trinajstić information content (AvgIpc) is 2.80. The minimum absolute atomic E-state index is 0.163. The van der Waals surface area contributed by atoms with Crippen molar-refractivity contribution in [2.75, 3.05) is 7.11 Å². The summed E-state index contributed by atoms with van der Waals surface area (Å²) in [4.78, 5) is 24.1. The predicted molar refractivity (Wildman–Crippen MR) is 80.5 cm³/mol. The number of rotatable bonds is 1. The highest BCUT2D eigenvalue weighted by Crippen LogP contribution is 2.33. The molecule has 0 amide bonds. The Morgan fingerprint density at radius 3 is 2.50 bits per heavy atom. The summed E-state index contributed by atoms with van der Waals surface area (Å²) in [6, 6.07) is 3.40. The second kappa shape index (κ2) is 5.21. The van der Waals surface area contributed by atoms with Gasteiger partial charge in [0.25, 0.3) is 0 Å². The number of fused-ring (bicyclic) bond motifs is 1. The normalized spacial score (nSPS) is 11.7. The Morgan fingerprint density at radius 1 is 1.30 bits per heavy atom. The van der Waals surface area contributed by atoms with Crippen LogP contribution < -0.4 is 0 Å². The van der Waals surface area contributed by atoms with Crippen molar-refractivity contribution in [2.24, 2.45) is 0 Å². The van der Waals surface area contributed by atoms with Gasteiger partial charge in [0, 0.05) is 0 Å². The second-order valence-electron chi connectivity index (χ2n) is 5.14. The molecule has 0 N–H and O–H groups in total. The summed E-state index contributed by atoms with van der Waals surface area (Å²) in [6.45, 7) is 5.31. The molecule has 7 heteroatoms. The number of esters is 1. The molecule has 0 fully saturated rings. The van der Waals surface area contributed by atoms with E-state index < -0.39 is 17.7 Å². The molecule has 0 bridgehead atoms. The van der Waals surface area contributed by atoms with Gasteiger partial charge in [-0.25, -0.2) is 14.2 Å². The smallest absolute Gasteiger partial charge is 0.419 e. The van der Waals surface area contributed by atoms with E-state index >= 15 is 0 Å². The third kappa shape index (κ3) is 2.88. The maximum absolute atomic E-state index is 12.3. The van der Waals surface area contributed by atoms with E-state index in [1.54, 1.807) is 32.9 Å². The first-order valence-corrected chi connectivity index (χ1v) is 7.46. The SMILES string of the molecule is COC(=O)c1cc2sc(Br)cc2n1C(=O)OC(C)(C)C. The van der Waals surface area contributed by atoms with Gasteiger partial charge in [0.2, 0.25) is 0 Å². The van der Waals surface area contributed by atoms with Crippen LogP contribution in [0.5, 0.6) is 0 Å². The van der Waals surface area contributed by atoms with E-state index in [1.807, 2.05) is 0 Å². The predicted octanol–water partition coefficient (Wildman–Crippen LogP) is 4.04. The highest BCUT2D eigenvalue weighted by molar-refractivity contribution is 9.11. The third-order valence-corrected chi connectivity index (χ3v) is 4.00. The molecule has 0 spiro atoms. The standard InChI is InChI=1S/C13H14BrNO4S/c1-13(2,3)19-12(17)15-7-6-10(14)20-9(7)5-8(15)11(16)18-4/h5-6H,1-4H3. The van der Waals surface area contributed by atoms with Gasteiger partial charge in [-0.1, -0.05) is 0 Å². The lowest BCUT2D eigenvalue weighted by Gasteiger charge is -2.20. The highest BCUT2D eigenvalue weighted by atomic mass is 79.9. The molecule has 2 heterocycles. The zero-order valence-electron chi connectivity index (χ0n) is 11.5. The minimum Gasteiger partial charge on any atom is -0.464 e. The molecule has 0 saturated carbocycles. The summed E-state index contributed by atoms with van der Waals surface area (Å²) in [5.41, 5.74) is 0.140. The first-order chi connectivity index (χ1) is 9.23. The molecule has 2 aromatic heterocycles. The van der Waals surface area contributed by atoms with Crippen LogP contribution in [0.2, 0.25) is 0 Å². The maximum Gasteiger partial charge on any atom is 0.419 e. The molecule has 5 nitrogen and oxygen atoms in total. The number of halogens is 1. The van der Waals surface area contributed by atoms with E-state index in [0.29, 0.717) is 5.52 Å². The van der Waals surface area contributed by atoms with Crippen LogP contribution in [0.1, 0.15) is 31.3 Å². The molecule has 108 valence electrons. The maximum atomic E-state index is 12.3. The number of carbonyl (C=O) groups excluding carboxylic acids is 2. The fourth-order valence-corrected chi connectivity index (χ4v) is 3.27. The molecular formula is C13H14BrNO4S. The first-order valence-electron chi connectivity index (χ1n) is 5.85. The number of nitrogens with zero attached hydrogens (tertiary/aromatic N) is 1. The molecule has 0 aliphatic carbocycles. The van der Waals surface area contributed by atoms with E-state index in [0.717, 1.165) is 8.49 Å². The van der Waals surface area contributed by atoms with E-state index in [-0.39, 0.29) is 5.69 Å². The molecule has 2 rings (SSSR count). The summed E-state index contributed by atoms with van der Waals surface area (Å²) in [5, 5.41) is 0. The Balaban J connectivity index is 2.57. The van der Waals surface area contributed by atoms with Crippen molar-refractivity contribution in [1.82, 2.24) is 4.57 Å². The van der Waals surface area contributed by atoms with Gasteiger partial charge in [-0.15, -0.1) is 11.3 Å². The van der Waals surface area contributed by atoms with Crippen LogP contribution in [-0.4, -0.2) is 29.3 Å². The van der Waals surface area contributed by atoms with Crippen LogP contribution >= 0.6 is 27.3 Å². The Morgan fingerprint density at radius 2 is 1.95 bits per heavy atom. The van der Waals surface area contributed by atoms with Gasteiger partial charge in [-0.2, -0.15) is 0 Å². The fourth-order valence-electron chi connectivity index (χ4n) is 1.72. The largest absolute Gasteiger partial charge is 0.464 e. The molecule has 0 aliphatic rings. The van der Waals surface area contributed by atoms with Crippen LogP contribution in [0.4, 0.5) is 4.79 Å². The monoisotopic (exact) mass is 359 g/mol. The molecule has 0 aromatic carbocycles. The van der Waals surface area contributed by atoms with E-state index in [2.05, 4.69) is 15.9 Å². The molecular weight excluding hydrogens is 346 g/mol. The molecule has 0 unspecified atom stereocenters. The molecule has 2 aromatic rings. The molecule has 0 atom stereocenters. The van der Waals surface area contributed by atoms with Gasteiger partial charge in [0.1, 0.15) is 11.3 Å². The van der Waals surface area contributed by atoms with Crippen molar-refractivity contribution < 1.29 is 19.1 Å². The topological polar surface area (TPSA) is 57.5 Å². The van der Waals surface area contributed by atoms with Crippen molar-refractivity contribution in [1.29, 1.82) is 0 Å². The zero-order valence-corrected chi connectivity index (χ0v) is 13.9. The van der Waals surface area contributed by atoms with Gasteiger partial charge in [-0.3, -0.25) is 0 Å². The summed E-state index contributed by atoms with van der Waals surface area (Å²) < 4.78 is 13.0. The Kier molecular flexibility index (Phi) is 3.93. The fraction of sp³-hybridized carbons (Fsp3) is 0.385. The Hall–Kier alpha value is -1.34. The quantitative estimate of drug-likeness (QED) is 0.721. The van der Waals surface area contributed by atoms with Gasteiger partial charge in [-0.05, 0) is 48.8 Å². The van der Waals surface area contributed by atoms with Crippen molar-refractivity contribution in [3.8, 4) is 0 Å². The van der Waals surface area contributed by atoms with Crippen LogP contribution in [0.25, 0.3) is 10.2 Å². The average molecular weight is 360 g/mol. The van der Waals surface area contributed by atoms with Crippen molar-refractivity contribution >= 4 is 49.5 Å². The summed E-state index contributed by atoms with van der Waals surface area (Å²) in [7, 11) is 1.28. The van der Waals surface area contributed by atoms with Crippen molar-refractivity contribution in [3.05, 3.63) is 21.6 Å². The number of thiophene rings is 1. The Labute approximate surface area is 128 Å². The summed E-state index contributed by atoms with van der Waals surface area (Å²) in [5.74, 6) is -0.574. The molecule has 0 saturated heterocycles. The molecule has 0 aliphatic heterocycles. The third-order valence-electron chi connectivity index (χ3n) is 2.43. The summed E-state index contributed by atoms with van der Waals surface area (Å²) in [6.07, 6.45) is -0.599. The number of aromatic nitrogens is 1. The van der Waals surface area contributed by atoms with Gasteiger partial charge in [0.15, 0.2) is 0 Å². The number of methoxy groups -OCH3 is 1. The van der Waals surface area contributed by atoms with Crippen LogP contribution in [0.15, 0.2) is 15.9 Å². The lowest BCUT2D eigenvalue weighted by Crippen LogP contribution is -2.28. The highest BCUT2D eigenvalue weighted by Gasteiger charge is 2.26. The van der Waals surface area contributed by atoms with Crippen molar-refractivity contribution in [3.63, 3.8) is 0 Å². The Bertz CT molecular complexity index is 680. The van der Waals surface area contributed by atoms with Gasteiger partial charge in [0.05, 0.1) is 21.1 Å². The van der Waals surface area contributed by atoms with E-state index in [9.17, 15) is 9.59 Å². The van der Waals surface area contributed by atoms with E-state index in [1.165, 1.54) is 23.0 Å². The van der Waals surface area contributed by atoms with Crippen LogP contribution in [0.3, 0.4) is 0 Å². The second-order valence-corrected chi connectivity index (χ2v) is 7.60. The van der Waals surface area contributed by atoms with Crippen molar-refractivity contribution in [2.45, 2.75) is 26.4 Å². The number of hydrogen-bond acceptors (Lipinski definition) is 5. The number of hydrogen-bond donors (Lipinski definition) is 0. The lowest BCUT2D eigenvalue weighted by molar-refractivity contribution is 0.0490. The molecule has 20 heavy (non-hydrogen) atoms. The number of carbonyl (C=O) groups is 2. The van der Waals surface area contributed by atoms with Crippen LogP contribution in [0, 0.1) is 0 Å². The lowest BCUT2D eigenvalue weighted by atomic mass is 10.2. The zero-order chi connectivity index (χ0) is 15.1. The van der Waals surface area contributed by atoms with Gasteiger partial charge >= 0.3 is 12.1 Å². The molecule has 0 radical (unpaired) electrons. The summed E-state index contributed by atoms with van der Waals surface area (Å²) >= 11 is 4.79. The number of ether oxygens (including phenoxy) is 2. The van der Waals surface area contributed by atoms with Gasteiger partial charge < -0.3 is 9.47 Å².